The van der Waals surface area contributed by atoms with Crippen molar-refractivity contribution in [2.75, 3.05) is 45.9 Å². The van der Waals surface area contributed by atoms with Gasteiger partial charge in [-0.3, -0.25) is 14.6 Å². The number of piperazine rings is 1. The standard InChI is InChI=1S/C20H27N3O2/c1-15-20(17-6-2-3-7-18(17)21-15)19(24)14-23-10-8-22(9-11-23)13-16-5-4-12-25-16/h2-3,6-7,16,21H,4-5,8-14H2,1H3/t16-/m0/s1. The Bertz CT molecular complexity index is 740. The van der Waals surface area contributed by atoms with Gasteiger partial charge in [0.2, 0.25) is 0 Å². The molecule has 5 heteroatoms. The average Bonchev–Trinajstić information content (AvgIpc) is 3.23. The van der Waals surface area contributed by atoms with Gasteiger partial charge in [0, 0.05) is 61.5 Å². The molecule has 0 aliphatic carbocycles. The summed E-state index contributed by atoms with van der Waals surface area (Å²) in [5, 5.41) is 1.04. The molecule has 4 rings (SSSR count). The van der Waals surface area contributed by atoms with E-state index in [2.05, 4.69) is 14.8 Å². The highest BCUT2D eigenvalue weighted by Gasteiger charge is 2.25. The first-order chi connectivity index (χ1) is 12.2. The minimum absolute atomic E-state index is 0.225. The summed E-state index contributed by atoms with van der Waals surface area (Å²) in [7, 11) is 0. The Morgan fingerprint density at radius 2 is 1.96 bits per heavy atom. The number of aromatic nitrogens is 1. The number of aromatic amines is 1. The van der Waals surface area contributed by atoms with Crippen molar-refractivity contribution >= 4 is 16.7 Å². The second kappa shape index (κ2) is 7.28. The molecule has 1 aromatic carbocycles. The van der Waals surface area contributed by atoms with Crippen LogP contribution in [0.5, 0.6) is 0 Å². The zero-order valence-corrected chi connectivity index (χ0v) is 15.0. The van der Waals surface area contributed by atoms with Gasteiger partial charge in [0.1, 0.15) is 0 Å². The monoisotopic (exact) mass is 341 g/mol. The van der Waals surface area contributed by atoms with Crippen molar-refractivity contribution in [2.45, 2.75) is 25.9 Å². The van der Waals surface area contributed by atoms with Crippen LogP contribution in [0.4, 0.5) is 0 Å². The minimum Gasteiger partial charge on any atom is -0.377 e. The fourth-order valence-electron chi connectivity index (χ4n) is 4.12. The van der Waals surface area contributed by atoms with E-state index in [4.69, 9.17) is 4.74 Å². The summed E-state index contributed by atoms with van der Waals surface area (Å²) in [4.78, 5) is 21.0. The van der Waals surface area contributed by atoms with Crippen molar-refractivity contribution in [1.82, 2.24) is 14.8 Å². The third-order valence-electron chi connectivity index (χ3n) is 5.49. The number of nitrogens with zero attached hydrogens (tertiary/aromatic N) is 2. The van der Waals surface area contributed by atoms with Crippen LogP contribution in [0, 0.1) is 6.92 Å². The van der Waals surface area contributed by atoms with Crippen molar-refractivity contribution in [3.8, 4) is 0 Å². The fraction of sp³-hybridized carbons (Fsp3) is 0.550. The molecule has 2 aliphatic rings. The number of carbonyl (C=O) groups is 1. The van der Waals surface area contributed by atoms with Crippen LogP contribution >= 0.6 is 0 Å². The number of hydrogen-bond donors (Lipinski definition) is 1. The van der Waals surface area contributed by atoms with E-state index < -0.39 is 0 Å². The number of aryl methyl sites for hydroxylation is 1. The molecule has 134 valence electrons. The maximum absolute atomic E-state index is 12.9. The van der Waals surface area contributed by atoms with Gasteiger partial charge in [-0.15, -0.1) is 0 Å². The number of rotatable bonds is 5. The highest BCUT2D eigenvalue weighted by Crippen LogP contribution is 2.23. The number of H-pyrrole nitrogens is 1. The number of fused-ring (bicyclic) bond motifs is 1. The number of carbonyl (C=O) groups excluding carboxylic acids is 1. The van der Waals surface area contributed by atoms with E-state index in [9.17, 15) is 4.79 Å². The lowest BCUT2D eigenvalue weighted by atomic mass is 10.1. The van der Waals surface area contributed by atoms with Gasteiger partial charge < -0.3 is 9.72 Å². The third kappa shape index (κ3) is 3.64. The van der Waals surface area contributed by atoms with Crippen LogP contribution in [0.1, 0.15) is 28.9 Å². The SMILES string of the molecule is Cc1[nH]c2ccccc2c1C(=O)CN1CCN(C[C@@H]2CCCO2)CC1. The highest BCUT2D eigenvalue weighted by molar-refractivity contribution is 6.10. The number of Topliss-reactive ketones (excluding diaryl/α,β-unsaturated/α-hetero) is 1. The Labute approximate surface area is 148 Å². The number of hydrogen-bond acceptors (Lipinski definition) is 4. The molecule has 1 atom stereocenters. The minimum atomic E-state index is 0.225. The zero-order valence-electron chi connectivity index (χ0n) is 15.0. The normalized spacial score (nSPS) is 22.7. The van der Waals surface area contributed by atoms with E-state index in [1.54, 1.807) is 0 Å². The molecule has 5 nitrogen and oxygen atoms in total. The molecule has 0 amide bonds. The van der Waals surface area contributed by atoms with Crippen molar-refractivity contribution in [3.05, 3.63) is 35.5 Å². The van der Waals surface area contributed by atoms with E-state index in [1.165, 1.54) is 12.8 Å². The third-order valence-corrected chi connectivity index (χ3v) is 5.49. The molecule has 2 saturated heterocycles. The van der Waals surface area contributed by atoms with Crippen LogP contribution in [0.2, 0.25) is 0 Å². The average molecular weight is 341 g/mol. The molecule has 3 heterocycles. The fourth-order valence-corrected chi connectivity index (χ4v) is 4.12. The second-order valence-corrected chi connectivity index (χ2v) is 7.31. The van der Waals surface area contributed by atoms with Crippen LogP contribution in [0.3, 0.4) is 0 Å². The van der Waals surface area contributed by atoms with Gasteiger partial charge in [-0.25, -0.2) is 0 Å². The number of benzene rings is 1. The van der Waals surface area contributed by atoms with Crippen LogP contribution in [0.25, 0.3) is 10.9 Å². The first kappa shape index (κ1) is 16.8. The molecule has 1 aromatic heterocycles. The quantitative estimate of drug-likeness (QED) is 0.849. The summed E-state index contributed by atoms with van der Waals surface area (Å²) in [5.74, 6) is 0.225. The lowest BCUT2D eigenvalue weighted by molar-refractivity contribution is 0.0491. The first-order valence-electron chi connectivity index (χ1n) is 9.37. The number of para-hydroxylation sites is 1. The molecular formula is C20H27N3O2. The van der Waals surface area contributed by atoms with Gasteiger partial charge in [0.15, 0.2) is 5.78 Å². The van der Waals surface area contributed by atoms with Gasteiger partial charge in [-0.05, 0) is 25.8 Å². The molecule has 2 aliphatic heterocycles. The van der Waals surface area contributed by atoms with Crippen molar-refractivity contribution in [1.29, 1.82) is 0 Å². The van der Waals surface area contributed by atoms with E-state index in [-0.39, 0.29) is 5.78 Å². The maximum atomic E-state index is 12.9. The Morgan fingerprint density at radius 1 is 1.20 bits per heavy atom. The molecule has 0 unspecified atom stereocenters. The lowest BCUT2D eigenvalue weighted by Crippen LogP contribution is -2.49. The molecule has 0 saturated carbocycles. The smallest absolute Gasteiger partial charge is 0.179 e. The Hall–Kier alpha value is -1.69. The molecule has 2 aromatic rings. The zero-order chi connectivity index (χ0) is 17.2. The molecule has 1 N–H and O–H groups in total. The van der Waals surface area contributed by atoms with Crippen LogP contribution < -0.4 is 0 Å². The van der Waals surface area contributed by atoms with Crippen molar-refractivity contribution < 1.29 is 9.53 Å². The van der Waals surface area contributed by atoms with Crippen LogP contribution in [0.15, 0.2) is 24.3 Å². The maximum Gasteiger partial charge on any atom is 0.179 e. The van der Waals surface area contributed by atoms with Crippen molar-refractivity contribution in [2.24, 2.45) is 0 Å². The molecule has 0 radical (unpaired) electrons. The number of nitrogens with one attached hydrogen (secondary N) is 1. The highest BCUT2D eigenvalue weighted by atomic mass is 16.5. The summed E-state index contributed by atoms with van der Waals surface area (Å²) in [6.45, 7) is 8.44. The Morgan fingerprint density at radius 3 is 2.72 bits per heavy atom. The summed E-state index contributed by atoms with van der Waals surface area (Å²) >= 11 is 0. The summed E-state index contributed by atoms with van der Waals surface area (Å²) < 4.78 is 5.74. The lowest BCUT2D eigenvalue weighted by Gasteiger charge is -2.35. The molecule has 0 bridgehead atoms. The van der Waals surface area contributed by atoms with E-state index >= 15 is 0 Å². The van der Waals surface area contributed by atoms with Crippen LogP contribution in [-0.2, 0) is 4.74 Å². The predicted octanol–water partition coefficient (Wildman–Crippen LogP) is 2.46. The van der Waals surface area contributed by atoms with E-state index in [0.29, 0.717) is 12.6 Å². The second-order valence-electron chi connectivity index (χ2n) is 7.31. The molecule has 25 heavy (non-hydrogen) atoms. The number of ketones is 1. The summed E-state index contributed by atoms with van der Waals surface area (Å²) in [5.41, 5.74) is 2.88. The predicted molar refractivity (Wildman–Crippen MR) is 99.2 cm³/mol. The topological polar surface area (TPSA) is 48.6 Å². The van der Waals surface area contributed by atoms with Gasteiger partial charge >= 0.3 is 0 Å². The van der Waals surface area contributed by atoms with Gasteiger partial charge in [0.05, 0.1) is 12.6 Å². The molecule has 0 spiro atoms. The van der Waals surface area contributed by atoms with E-state index in [0.717, 1.165) is 61.5 Å². The molecular weight excluding hydrogens is 314 g/mol. The van der Waals surface area contributed by atoms with E-state index in [1.807, 2.05) is 31.2 Å². The van der Waals surface area contributed by atoms with Gasteiger partial charge in [-0.2, -0.15) is 0 Å². The Balaban J connectivity index is 1.35. The summed E-state index contributed by atoms with van der Waals surface area (Å²) in [6.07, 6.45) is 2.81. The molecule has 2 fully saturated rings. The first-order valence-corrected chi connectivity index (χ1v) is 9.37. The largest absolute Gasteiger partial charge is 0.377 e. The van der Waals surface area contributed by atoms with Gasteiger partial charge in [0.25, 0.3) is 0 Å². The Kier molecular flexibility index (Phi) is 4.88. The number of ether oxygens (including phenoxy) is 1. The summed E-state index contributed by atoms with van der Waals surface area (Å²) in [6, 6.07) is 8.06. The van der Waals surface area contributed by atoms with Gasteiger partial charge in [-0.1, -0.05) is 18.2 Å². The van der Waals surface area contributed by atoms with Crippen LogP contribution in [-0.4, -0.2) is 72.5 Å². The van der Waals surface area contributed by atoms with Crippen molar-refractivity contribution in [3.63, 3.8) is 0 Å².